The van der Waals surface area contributed by atoms with Gasteiger partial charge in [-0.05, 0) is 19.1 Å². The Morgan fingerprint density at radius 3 is 2.50 bits per heavy atom. The third-order valence-corrected chi connectivity index (χ3v) is 4.09. The van der Waals surface area contributed by atoms with Gasteiger partial charge in [0.15, 0.2) is 6.61 Å². The minimum Gasteiger partial charge on any atom is -0.277 e. The highest BCUT2D eigenvalue weighted by atomic mass is 32.2. The molecule has 1 N–H and O–H groups in total. The average Bonchev–Trinajstić information content (AvgIpc) is 2.49. The fraction of sp³-hybridized carbons (Fsp3) is 0.429. The first-order chi connectivity index (χ1) is 7.21. The van der Waals surface area contributed by atoms with Gasteiger partial charge in [-0.2, -0.15) is 13.2 Å². The summed E-state index contributed by atoms with van der Waals surface area (Å²) in [5.41, 5.74) is 0. The molecule has 0 atom stereocenters. The van der Waals surface area contributed by atoms with Gasteiger partial charge in [0, 0.05) is 4.88 Å². The zero-order valence-electron chi connectivity index (χ0n) is 8.04. The number of alkyl halides is 3. The smallest absolute Gasteiger partial charge is 0.277 e. The fourth-order valence-electron chi connectivity index (χ4n) is 0.786. The average molecular weight is 275 g/mol. The zero-order chi connectivity index (χ0) is 12.4. The molecular formula is C7H8F3NO3S2. The lowest BCUT2D eigenvalue weighted by Gasteiger charge is -2.07. The Hall–Kier alpha value is -0.640. The number of halogens is 3. The molecule has 0 aliphatic heterocycles. The summed E-state index contributed by atoms with van der Waals surface area (Å²) in [6.07, 6.45) is -4.58. The maximum Gasteiger partial charge on any atom is 0.413 e. The van der Waals surface area contributed by atoms with Crippen molar-refractivity contribution in [3.63, 3.8) is 0 Å². The highest BCUT2D eigenvalue weighted by Crippen LogP contribution is 2.20. The SMILES string of the molecule is Cc1ccc(S(=O)(=O)NOCC(F)(F)F)s1. The highest BCUT2D eigenvalue weighted by Gasteiger charge is 2.29. The lowest BCUT2D eigenvalue weighted by Crippen LogP contribution is -2.29. The van der Waals surface area contributed by atoms with E-state index in [2.05, 4.69) is 4.84 Å². The Kier molecular flexibility index (Phi) is 3.94. The van der Waals surface area contributed by atoms with Crippen molar-refractivity contribution in [2.45, 2.75) is 17.3 Å². The van der Waals surface area contributed by atoms with Gasteiger partial charge in [-0.15, -0.1) is 11.3 Å². The molecule has 1 aromatic rings. The van der Waals surface area contributed by atoms with E-state index in [-0.39, 0.29) is 4.21 Å². The summed E-state index contributed by atoms with van der Waals surface area (Å²) in [6, 6.07) is 2.84. The van der Waals surface area contributed by atoms with Crippen LogP contribution < -0.4 is 4.89 Å². The predicted octanol–water partition coefficient (Wildman–Crippen LogP) is 1.83. The summed E-state index contributed by atoms with van der Waals surface area (Å²) < 4.78 is 57.6. The molecule has 0 aliphatic rings. The van der Waals surface area contributed by atoms with Crippen LogP contribution in [0, 0.1) is 6.92 Å². The molecule has 1 rings (SSSR count). The van der Waals surface area contributed by atoms with Crippen molar-refractivity contribution in [1.82, 2.24) is 4.89 Å². The summed E-state index contributed by atoms with van der Waals surface area (Å²) in [7, 11) is -4.02. The molecule has 1 heterocycles. The summed E-state index contributed by atoms with van der Waals surface area (Å²) in [5.74, 6) is 0. The third-order valence-electron chi connectivity index (χ3n) is 1.39. The molecule has 0 saturated heterocycles. The molecular weight excluding hydrogens is 267 g/mol. The first-order valence-corrected chi connectivity index (χ1v) is 6.27. The number of sulfonamides is 1. The molecule has 0 fully saturated rings. The van der Waals surface area contributed by atoms with E-state index < -0.39 is 22.8 Å². The van der Waals surface area contributed by atoms with Gasteiger partial charge in [0.25, 0.3) is 10.0 Å². The Morgan fingerprint density at radius 2 is 2.06 bits per heavy atom. The molecule has 1 aromatic heterocycles. The number of rotatable bonds is 4. The molecule has 0 spiro atoms. The van der Waals surface area contributed by atoms with Gasteiger partial charge in [-0.25, -0.2) is 8.42 Å². The quantitative estimate of drug-likeness (QED) is 0.853. The Bertz CT molecular complexity index is 452. The number of hydrogen-bond acceptors (Lipinski definition) is 4. The molecule has 0 unspecified atom stereocenters. The van der Waals surface area contributed by atoms with Crippen molar-refractivity contribution >= 4 is 21.4 Å². The molecule has 92 valence electrons. The summed E-state index contributed by atoms with van der Waals surface area (Å²) in [6.45, 7) is 0.0108. The Labute approximate surface area is 94.0 Å². The normalized spacial score (nSPS) is 13.0. The molecule has 0 bridgehead atoms. The molecule has 0 saturated carbocycles. The summed E-state index contributed by atoms with van der Waals surface area (Å²) >= 11 is 0.941. The van der Waals surface area contributed by atoms with Crippen LogP contribution in [0.5, 0.6) is 0 Å². The van der Waals surface area contributed by atoms with Crippen LogP contribution in [0.3, 0.4) is 0 Å². The van der Waals surface area contributed by atoms with Gasteiger partial charge in [0.05, 0.1) is 0 Å². The van der Waals surface area contributed by atoms with Gasteiger partial charge in [0.2, 0.25) is 0 Å². The van der Waals surface area contributed by atoms with E-state index in [4.69, 9.17) is 0 Å². The Balaban J connectivity index is 2.60. The monoisotopic (exact) mass is 275 g/mol. The van der Waals surface area contributed by atoms with Crippen molar-refractivity contribution in [2.75, 3.05) is 6.61 Å². The van der Waals surface area contributed by atoms with E-state index >= 15 is 0 Å². The molecule has 0 amide bonds. The first kappa shape index (κ1) is 13.4. The molecule has 4 nitrogen and oxygen atoms in total. The minimum absolute atomic E-state index is 0.0906. The standard InChI is InChI=1S/C7H8F3NO3S2/c1-5-2-3-6(15-5)16(12,13)11-14-4-7(8,9)10/h2-3,11H,4H2,1H3. The largest absolute Gasteiger partial charge is 0.413 e. The predicted molar refractivity (Wildman–Crippen MR) is 51.4 cm³/mol. The van der Waals surface area contributed by atoms with Crippen molar-refractivity contribution < 1.29 is 26.4 Å². The lowest BCUT2D eigenvalue weighted by atomic mass is 10.5. The van der Waals surface area contributed by atoms with Crippen molar-refractivity contribution in [1.29, 1.82) is 0 Å². The molecule has 16 heavy (non-hydrogen) atoms. The second-order valence-corrected chi connectivity index (χ2v) is 6.02. The number of nitrogens with one attached hydrogen (secondary N) is 1. The highest BCUT2D eigenvalue weighted by molar-refractivity contribution is 7.91. The number of hydrogen-bond donors (Lipinski definition) is 1. The minimum atomic E-state index is -4.58. The van der Waals surface area contributed by atoms with Gasteiger partial charge in [-0.1, -0.05) is 4.89 Å². The second-order valence-electron chi connectivity index (χ2n) is 2.86. The summed E-state index contributed by atoms with van der Waals surface area (Å²) in [4.78, 5) is 6.01. The van der Waals surface area contributed by atoms with E-state index in [1.807, 2.05) is 0 Å². The van der Waals surface area contributed by atoms with Crippen molar-refractivity contribution in [3.8, 4) is 0 Å². The van der Waals surface area contributed by atoms with E-state index in [0.29, 0.717) is 0 Å². The van der Waals surface area contributed by atoms with Crippen LogP contribution in [0.1, 0.15) is 4.88 Å². The van der Waals surface area contributed by atoms with Crippen LogP contribution in [0.4, 0.5) is 13.2 Å². The topological polar surface area (TPSA) is 55.4 Å². The molecule has 0 radical (unpaired) electrons. The van der Waals surface area contributed by atoms with Crippen LogP contribution >= 0.6 is 11.3 Å². The van der Waals surface area contributed by atoms with Crippen molar-refractivity contribution in [2.24, 2.45) is 0 Å². The lowest BCUT2D eigenvalue weighted by molar-refractivity contribution is -0.181. The van der Waals surface area contributed by atoms with E-state index in [9.17, 15) is 21.6 Å². The molecule has 0 aliphatic carbocycles. The first-order valence-electron chi connectivity index (χ1n) is 3.97. The zero-order valence-corrected chi connectivity index (χ0v) is 9.67. The van der Waals surface area contributed by atoms with Gasteiger partial charge in [0.1, 0.15) is 4.21 Å². The van der Waals surface area contributed by atoms with Gasteiger partial charge < -0.3 is 0 Å². The fourth-order valence-corrected chi connectivity index (χ4v) is 2.85. The van der Waals surface area contributed by atoms with Crippen LogP contribution in [0.15, 0.2) is 16.3 Å². The van der Waals surface area contributed by atoms with Gasteiger partial charge in [-0.3, -0.25) is 4.84 Å². The van der Waals surface area contributed by atoms with Crippen molar-refractivity contribution in [3.05, 3.63) is 17.0 Å². The van der Waals surface area contributed by atoms with Crippen LogP contribution in [-0.2, 0) is 14.9 Å². The van der Waals surface area contributed by atoms with E-state index in [1.165, 1.54) is 11.0 Å². The second kappa shape index (κ2) is 4.70. The van der Waals surface area contributed by atoms with Crippen LogP contribution in [0.25, 0.3) is 0 Å². The van der Waals surface area contributed by atoms with E-state index in [0.717, 1.165) is 16.2 Å². The maximum atomic E-state index is 11.7. The summed E-state index contributed by atoms with van der Waals surface area (Å²) in [5, 5.41) is 0. The molecule has 0 aromatic carbocycles. The van der Waals surface area contributed by atoms with E-state index in [1.54, 1.807) is 13.0 Å². The van der Waals surface area contributed by atoms with Crippen LogP contribution in [-0.4, -0.2) is 21.2 Å². The Morgan fingerprint density at radius 1 is 1.44 bits per heavy atom. The third kappa shape index (κ3) is 4.08. The van der Waals surface area contributed by atoms with Gasteiger partial charge >= 0.3 is 6.18 Å². The molecule has 9 heteroatoms. The maximum absolute atomic E-state index is 11.7. The number of aryl methyl sites for hydroxylation is 1. The number of thiophene rings is 1. The van der Waals surface area contributed by atoms with Crippen LogP contribution in [0.2, 0.25) is 0 Å².